The van der Waals surface area contributed by atoms with Crippen LogP contribution < -0.4 is 0 Å². The van der Waals surface area contributed by atoms with Crippen LogP contribution in [0.4, 0.5) is 0 Å². The zero-order valence-electron chi connectivity index (χ0n) is 23.3. The minimum absolute atomic E-state index is 0.222. The second kappa shape index (κ2) is 14.5. The summed E-state index contributed by atoms with van der Waals surface area (Å²) in [6.45, 7) is 19.5. The number of allylic oxidation sites excluding steroid dienone is 1. The first-order chi connectivity index (χ1) is 16.9. The topological polar surface area (TPSA) is 21.7 Å². The minimum Gasteiger partial charge on any atom is -0.379 e. The van der Waals surface area contributed by atoms with Gasteiger partial charge in [-0.3, -0.25) is 4.90 Å². The third kappa shape index (κ3) is 9.34. The molecule has 2 atom stereocenters. The first-order valence-electron chi connectivity index (χ1n) is 14.6. The molecule has 3 nitrogen and oxygen atoms in total. The van der Waals surface area contributed by atoms with Gasteiger partial charge in [0, 0.05) is 19.7 Å². The van der Waals surface area contributed by atoms with Gasteiger partial charge in [0.15, 0.2) is 0 Å². The van der Waals surface area contributed by atoms with E-state index in [0.717, 1.165) is 57.6 Å². The maximum atomic E-state index is 6.40. The number of nitrogens with zero attached hydrogens (tertiary/aromatic N) is 1. The van der Waals surface area contributed by atoms with Crippen molar-refractivity contribution in [3.05, 3.63) is 48.0 Å². The maximum absolute atomic E-state index is 6.40. The van der Waals surface area contributed by atoms with Gasteiger partial charge in [-0.05, 0) is 106 Å². The van der Waals surface area contributed by atoms with Gasteiger partial charge < -0.3 is 9.47 Å². The standard InChI is InChI=1S/C32H53NO2/c1-6-32(7-2,23-26(3)4)24-27(5)35-25-29-12-16-31(17-13-29)30-14-10-28(11-15-30)9-8-18-33-19-21-34-22-20-33/h6,10-11,14-15,26-27,29,31H,1,7-9,12-13,16-25H2,2-5H3. The summed E-state index contributed by atoms with van der Waals surface area (Å²) < 4.78 is 11.9. The van der Waals surface area contributed by atoms with E-state index in [1.807, 2.05) is 0 Å². The lowest BCUT2D eigenvalue weighted by molar-refractivity contribution is 0.00453. The molecule has 1 aromatic rings. The second-order valence-corrected chi connectivity index (χ2v) is 11.9. The van der Waals surface area contributed by atoms with Crippen molar-refractivity contribution in [2.24, 2.45) is 17.3 Å². The Kier molecular flexibility index (Phi) is 11.8. The van der Waals surface area contributed by atoms with Crippen LogP contribution in [0.15, 0.2) is 36.9 Å². The molecule has 3 heteroatoms. The van der Waals surface area contributed by atoms with E-state index >= 15 is 0 Å². The molecule has 1 heterocycles. The van der Waals surface area contributed by atoms with Gasteiger partial charge in [-0.25, -0.2) is 0 Å². The van der Waals surface area contributed by atoms with Gasteiger partial charge in [-0.2, -0.15) is 0 Å². The summed E-state index contributed by atoms with van der Waals surface area (Å²) in [6, 6.07) is 9.56. The fourth-order valence-corrected chi connectivity index (χ4v) is 6.38. The smallest absolute Gasteiger partial charge is 0.0594 e. The third-order valence-corrected chi connectivity index (χ3v) is 8.60. The van der Waals surface area contributed by atoms with E-state index < -0.39 is 0 Å². The van der Waals surface area contributed by atoms with Crippen molar-refractivity contribution in [2.45, 2.75) is 97.5 Å². The molecule has 1 aliphatic carbocycles. The zero-order valence-corrected chi connectivity index (χ0v) is 23.3. The van der Waals surface area contributed by atoms with Gasteiger partial charge in [0.1, 0.15) is 0 Å². The monoisotopic (exact) mass is 483 g/mol. The summed E-state index contributed by atoms with van der Waals surface area (Å²) in [5.74, 6) is 2.14. The normalized spacial score (nSPS) is 24.3. The van der Waals surface area contributed by atoms with Gasteiger partial charge in [0.2, 0.25) is 0 Å². The predicted octanol–water partition coefficient (Wildman–Crippen LogP) is 7.65. The highest BCUT2D eigenvalue weighted by molar-refractivity contribution is 5.26. The fourth-order valence-electron chi connectivity index (χ4n) is 6.38. The maximum Gasteiger partial charge on any atom is 0.0594 e. The van der Waals surface area contributed by atoms with E-state index in [-0.39, 0.29) is 5.41 Å². The van der Waals surface area contributed by atoms with E-state index in [2.05, 4.69) is 69.5 Å². The lowest BCUT2D eigenvalue weighted by Gasteiger charge is -2.35. The summed E-state index contributed by atoms with van der Waals surface area (Å²) in [7, 11) is 0. The summed E-state index contributed by atoms with van der Waals surface area (Å²) in [5.41, 5.74) is 3.25. The molecule has 35 heavy (non-hydrogen) atoms. The zero-order chi connectivity index (χ0) is 25.1. The lowest BCUT2D eigenvalue weighted by atomic mass is 9.74. The fraction of sp³-hybridized carbons (Fsp3) is 0.750. The molecule has 0 radical (unpaired) electrons. The molecular weight excluding hydrogens is 430 g/mol. The van der Waals surface area contributed by atoms with Gasteiger partial charge in [0.25, 0.3) is 0 Å². The van der Waals surface area contributed by atoms with Crippen molar-refractivity contribution in [3.63, 3.8) is 0 Å². The molecule has 0 N–H and O–H groups in total. The van der Waals surface area contributed by atoms with Crippen molar-refractivity contribution in [3.8, 4) is 0 Å². The van der Waals surface area contributed by atoms with Crippen LogP contribution in [0.5, 0.6) is 0 Å². The third-order valence-electron chi connectivity index (χ3n) is 8.60. The molecule has 0 spiro atoms. The molecule has 0 amide bonds. The van der Waals surface area contributed by atoms with Crippen LogP contribution in [0, 0.1) is 17.3 Å². The second-order valence-electron chi connectivity index (χ2n) is 11.9. The van der Waals surface area contributed by atoms with Gasteiger partial charge >= 0.3 is 0 Å². The van der Waals surface area contributed by atoms with E-state index in [1.165, 1.54) is 57.1 Å². The Balaban J connectivity index is 1.35. The van der Waals surface area contributed by atoms with Crippen molar-refractivity contribution >= 4 is 0 Å². The van der Waals surface area contributed by atoms with E-state index in [9.17, 15) is 0 Å². The Morgan fingerprint density at radius 2 is 1.74 bits per heavy atom. The Labute approximate surface area is 216 Å². The molecular formula is C32H53NO2. The summed E-state index contributed by atoms with van der Waals surface area (Å²) in [4.78, 5) is 2.53. The van der Waals surface area contributed by atoms with Crippen molar-refractivity contribution in [1.82, 2.24) is 4.90 Å². The lowest BCUT2D eigenvalue weighted by Crippen LogP contribution is -2.36. The predicted molar refractivity (Wildman–Crippen MR) is 149 cm³/mol. The molecule has 3 rings (SSSR count). The average Bonchev–Trinajstić information content (AvgIpc) is 2.88. The van der Waals surface area contributed by atoms with Gasteiger partial charge in [-0.15, -0.1) is 6.58 Å². The van der Waals surface area contributed by atoms with Crippen molar-refractivity contribution in [2.75, 3.05) is 39.5 Å². The van der Waals surface area contributed by atoms with Crippen molar-refractivity contribution < 1.29 is 9.47 Å². The number of aryl methyl sites for hydroxylation is 1. The highest BCUT2D eigenvalue weighted by Crippen LogP contribution is 2.39. The summed E-state index contributed by atoms with van der Waals surface area (Å²) >= 11 is 0. The van der Waals surface area contributed by atoms with Crippen LogP contribution in [0.2, 0.25) is 0 Å². The van der Waals surface area contributed by atoms with Crippen LogP contribution >= 0.6 is 0 Å². The van der Waals surface area contributed by atoms with Crippen LogP contribution in [-0.4, -0.2) is 50.5 Å². The van der Waals surface area contributed by atoms with Crippen LogP contribution in [-0.2, 0) is 15.9 Å². The average molecular weight is 484 g/mol. The molecule has 1 saturated heterocycles. The van der Waals surface area contributed by atoms with Crippen LogP contribution in [0.25, 0.3) is 0 Å². The Morgan fingerprint density at radius 3 is 2.34 bits per heavy atom. The quantitative estimate of drug-likeness (QED) is 0.254. The summed E-state index contributed by atoms with van der Waals surface area (Å²) in [5, 5.41) is 0. The number of benzene rings is 1. The van der Waals surface area contributed by atoms with E-state index in [4.69, 9.17) is 9.47 Å². The minimum atomic E-state index is 0.222. The van der Waals surface area contributed by atoms with E-state index in [0.29, 0.717) is 12.0 Å². The van der Waals surface area contributed by atoms with E-state index in [1.54, 1.807) is 5.56 Å². The number of ether oxygens (including phenoxy) is 2. The molecule has 0 bridgehead atoms. The SMILES string of the molecule is C=CC(CC)(CC(C)C)CC(C)OCC1CCC(c2ccc(CCCN3CCOCC3)cc2)CC1. The first-order valence-corrected chi connectivity index (χ1v) is 14.6. The number of hydrogen-bond acceptors (Lipinski definition) is 3. The Bertz CT molecular complexity index is 716. The number of rotatable bonds is 14. The molecule has 1 saturated carbocycles. The molecule has 0 aromatic heterocycles. The van der Waals surface area contributed by atoms with Gasteiger partial charge in [-0.1, -0.05) is 51.1 Å². The highest BCUT2D eigenvalue weighted by Gasteiger charge is 2.29. The highest BCUT2D eigenvalue weighted by atomic mass is 16.5. The molecule has 1 aliphatic heterocycles. The van der Waals surface area contributed by atoms with Gasteiger partial charge in [0.05, 0.1) is 19.3 Å². The van der Waals surface area contributed by atoms with Crippen molar-refractivity contribution in [1.29, 1.82) is 0 Å². The molecule has 2 aliphatic rings. The largest absolute Gasteiger partial charge is 0.379 e. The molecule has 2 fully saturated rings. The van der Waals surface area contributed by atoms with Crippen LogP contribution in [0.1, 0.15) is 96.1 Å². The number of hydrogen-bond donors (Lipinski definition) is 0. The molecule has 2 unspecified atom stereocenters. The summed E-state index contributed by atoms with van der Waals surface area (Å²) in [6.07, 6.45) is 13.6. The number of morpholine rings is 1. The Morgan fingerprint density at radius 1 is 1.06 bits per heavy atom. The molecule has 1 aromatic carbocycles. The first kappa shape index (κ1) is 28.4. The molecule has 198 valence electrons. The van der Waals surface area contributed by atoms with Crippen LogP contribution in [0.3, 0.4) is 0 Å². The Hall–Kier alpha value is -1.16.